The van der Waals surface area contributed by atoms with Gasteiger partial charge in [-0.2, -0.15) is 0 Å². The highest BCUT2D eigenvalue weighted by molar-refractivity contribution is 8.03. The van der Waals surface area contributed by atoms with Crippen molar-refractivity contribution in [2.75, 3.05) is 12.8 Å². The van der Waals surface area contributed by atoms with Gasteiger partial charge in [-0.15, -0.1) is 0 Å². The van der Waals surface area contributed by atoms with Gasteiger partial charge < -0.3 is 0 Å². The average molecular weight is 177 g/mol. The summed E-state index contributed by atoms with van der Waals surface area (Å²) in [5.41, 5.74) is 0. The van der Waals surface area contributed by atoms with Gasteiger partial charge in [0.05, 0.1) is 6.16 Å². The second-order valence-corrected chi connectivity index (χ2v) is 6.37. The molecule has 61 valence electrons. The lowest BCUT2D eigenvalue weighted by atomic mass is 10.4. The summed E-state index contributed by atoms with van der Waals surface area (Å²) in [6.07, 6.45) is 1.37. The standard InChI is InChI=1S/C9H11BOP/c1-12(10,8-7-11)9-5-3-2-4-6-9/h2-7H,8H2,1H3. The van der Waals surface area contributed by atoms with Crippen molar-refractivity contribution in [3.05, 3.63) is 30.3 Å². The molecule has 3 radical (unpaired) electrons. The van der Waals surface area contributed by atoms with E-state index in [0.717, 1.165) is 11.6 Å². The Kier molecular flexibility index (Phi) is 3.05. The predicted octanol–water partition coefficient (Wildman–Crippen LogP) is 1.24. The van der Waals surface area contributed by atoms with E-state index in [1.807, 2.05) is 37.0 Å². The predicted molar refractivity (Wildman–Crippen MR) is 55.6 cm³/mol. The zero-order valence-electron chi connectivity index (χ0n) is 7.10. The SMILES string of the molecule is [B-][P+](C)(CC=O)c1ccccc1. The highest BCUT2D eigenvalue weighted by Crippen LogP contribution is 2.46. The lowest BCUT2D eigenvalue weighted by Crippen LogP contribution is -2.13. The fraction of sp³-hybridized carbons (Fsp3) is 0.222. The summed E-state index contributed by atoms with van der Waals surface area (Å²) >= 11 is 0. The molecule has 1 unspecified atom stereocenters. The van der Waals surface area contributed by atoms with Crippen LogP contribution in [0.25, 0.3) is 0 Å². The lowest BCUT2D eigenvalue weighted by Gasteiger charge is -2.29. The smallest absolute Gasteiger partial charge is 0.152 e. The van der Waals surface area contributed by atoms with Gasteiger partial charge in [-0.05, 0) is 12.1 Å². The van der Waals surface area contributed by atoms with Gasteiger partial charge in [0.15, 0.2) is 6.29 Å². The fourth-order valence-electron chi connectivity index (χ4n) is 1.03. The molecule has 1 aromatic carbocycles. The van der Waals surface area contributed by atoms with Crippen molar-refractivity contribution in [2.24, 2.45) is 0 Å². The molecule has 0 aromatic heterocycles. The van der Waals surface area contributed by atoms with Crippen LogP contribution in [0, 0.1) is 0 Å². The summed E-state index contributed by atoms with van der Waals surface area (Å²) in [6.45, 7) is 1.97. The molecule has 0 amide bonds. The molecule has 1 aromatic rings. The van der Waals surface area contributed by atoms with E-state index in [0.29, 0.717) is 6.16 Å². The highest BCUT2D eigenvalue weighted by Gasteiger charge is 2.12. The second kappa shape index (κ2) is 3.86. The summed E-state index contributed by atoms with van der Waals surface area (Å²) in [5.74, 6) is 0. The number of benzene rings is 1. The molecule has 0 saturated heterocycles. The maximum absolute atomic E-state index is 10.3. The normalized spacial score (nSPS) is 15.2. The van der Waals surface area contributed by atoms with Gasteiger partial charge in [-0.1, -0.05) is 18.2 Å². The Bertz CT molecular complexity index is 258. The molecule has 1 atom stereocenters. The Morgan fingerprint density at radius 3 is 2.50 bits per heavy atom. The van der Waals surface area contributed by atoms with Crippen LogP contribution in [0.4, 0.5) is 0 Å². The number of aldehydes is 1. The zero-order chi connectivity index (χ0) is 9.03. The van der Waals surface area contributed by atoms with Crippen LogP contribution < -0.4 is 5.30 Å². The molecule has 0 fully saturated rings. The largest absolute Gasteiger partial charge is 0.299 e. The summed E-state index contributed by atoms with van der Waals surface area (Å²) < 4.78 is 0. The van der Waals surface area contributed by atoms with Gasteiger partial charge in [-0.25, -0.2) is 7.14 Å². The van der Waals surface area contributed by atoms with Crippen LogP contribution in [-0.2, 0) is 4.79 Å². The van der Waals surface area contributed by atoms with E-state index < -0.39 is 7.14 Å². The van der Waals surface area contributed by atoms with Crippen LogP contribution >= 0.6 is 7.14 Å². The average Bonchev–Trinajstić information content (AvgIpc) is 2.06. The van der Waals surface area contributed by atoms with Crippen molar-refractivity contribution >= 4 is 26.3 Å². The molecule has 0 spiro atoms. The first kappa shape index (κ1) is 9.47. The molecule has 1 nitrogen and oxygen atoms in total. The number of carbonyl (C=O) groups excluding carboxylic acids is 1. The first-order valence-corrected chi connectivity index (χ1v) is 6.29. The molecule has 0 N–H and O–H groups in total. The van der Waals surface area contributed by atoms with Gasteiger partial charge >= 0.3 is 0 Å². The summed E-state index contributed by atoms with van der Waals surface area (Å²) in [6, 6.07) is 9.81. The van der Waals surface area contributed by atoms with E-state index in [2.05, 4.69) is 0 Å². The van der Waals surface area contributed by atoms with E-state index >= 15 is 0 Å². The summed E-state index contributed by atoms with van der Waals surface area (Å²) in [5, 5.41) is 1.11. The van der Waals surface area contributed by atoms with Crippen molar-refractivity contribution in [1.29, 1.82) is 0 Å². The molecule has 0 bridgehead atoms. The minimum absolute atomic E-state index is 0.469. The Morgan fingerprint density at radius 2 is 2.00 bits per heavy atom. The molecule has 0 aliphatic carbocycles. The number of carbonyl (C=O) groups is 1. The van der Waals surface area contributed by atoms with E-state index in [9.17, 15) is 4.79 Å². The summed E-state index contributed by atoms with van der Waals surface area (Å²) in [4.78, 5) is 10.3. The Hall–Kier alpha value is -0.615. The highest BCUT2D eigenvalue weighted by atomic mass is 31.2. The van der Waals surface area contributed by atoms with Crippen molar-refractivity contribution in [1.82, 2.24) is 0 Å². The van der Waals surface area contributed by atoms with Gasteiger partial charge in [0.25, 0.3) is 0 Å². The summed E-state index contributed by atoms with van der Waals surface area (Å²) in [7, 11) is 4.37. The molecule has 0 aliphatic rings. The first-order chi connectivity index (χ1) is 5.67. The van der Waals surface area contributed by atoms with Gasteiger partial charge in [-0.3, -0.25) is 12.4 Å². The van der Waals surface area contributed by atoms with E-state index in [1.165, 1.54) is 0 Å². The Labute approximate surface area is 74.9 Å². The molecular weight excluding hydrogens is 166 g/mol. The van der Waals surface area contributed by atoms with Crippen LogP contribution in [0.3, 0.4) is 0 Å². The first-order valence-electron chi connectivity index (χ1n) is 3.80. The van der Waals surface area contributed by atoms with Gasteiger partial charge in [0.1, 0.15) is 0 Å². The molecule has 12 heavy (non-hydrogen) atoms. The van der Waals surface area contributed by atoms with Crippen LogP contribution in [0.15, 0.2) is 30.3 Å². The molecule has 0 saturated carbocycles. The van der Waals surface area contributed by atoms with Crippen molar-refractivity contribution in [3.63, 3.8) is 0 Å². The van der Waals surface area contributed by atoms with Gasteiger partial charge in [0, 0.05) is 12.0 Å². The minimum atomic E-state index is -1.66. The third-order valence-electron chi connectivity index (χ3n) is 1.80. The molecule has 1 rings (SSSR count). The van der Waals surface area contributed by atoms with E-state index in [-0.39, 0.29) is 0 Å². The molecular formula is C9H11BOP. The van der Waals surface area contributed by atoms with Crippen molar-refractivity contribution < 1.29 is 4.79 Å². The molecule has 0 heterocycles. The maximum Gasteiger partial charge on any atom is 0.152 e. The van der Waals surface area contributed by atoms with Gasteiger partial charge in [0.2, 0.25) is 0 Å². The number of rotatable bonds is 3. The number of hydrogen-bond donors (Lipinski definition) is 0. The minimum Gasteiger partial charge on any atom is -0.299 e. The van der Waals surface area contributed by atoms with E-state index in [1.54, 1.807) is 0 Å². The number of hydrogen-bond acceptors (Lipinski definition) is 1. The third kappa shape index (κ3) is 2.18. The fourth-order valence-corrected chi connectivity index (χ4v) is 2.40. The van der Waals surface area contributed by atoms with Crippen LogP contribution in [0.2, 0.25) is 0 Å². The quantitative estimate of drug-likeness (QED) is 0.385. The molecule has 3 heteroatoms. The van der Waals surface area contributed by atoms with Crippen LogP contribution in [0.1, 0.15) is 0 Å². The third-order valence-corrected chi connectivity index (χ3v) is 4.19. The Morgan fingerprint density at radius 1 is 1.42 bits per heavy atom. The van der Waals surface area contributed by atoms with Crippen LogP contribution in [0.5, 0.6) is 0 Å². The molecule has 0 aliphatic heterocycles. The monoisotopic (exact) mass is 177 g/mol. The second-order valence-electron chi connectivity index (χ2n) is 2.95. The maximum atomic E-state index is 10.3. The van der Waals surface area contributed by atoms with Crippen molar-refractivity contribution in [3.8, 4) is 0 Å². The van der Waals surface area contributed by atoms with Crippen LogP contribution in [-0.4, -0.2) is 26.7 Å². The topological polar surface area (TPSA) is 17.1 Å². The zero-order valence-corrected chi connectivity index (χ0v) is 8.00. The lowest BCUT2D eigenvalue weighted by molar-refractivity contribution is -0.105. The van der Waals surface area contributed by atoms with E-state index in [4.69, 9.17) is 7.57 Å². The van der Waals surface area contributed by atoms with Crippen molar-refractivity contribution in [2.45, 2.75) is 0 Å². The Balaban J connectivity index is 2.89.